The van der Waals surface area contributed by atoms with Crippen molar-refractivity contribution in [3.8, 4) is 39.5 Å². The molecule has 0 atom stereocenters. The normalized spacial score (nSPS) is 11.3. The van der Waals surface area contributed by atoms with E-state index in [9.17, 15) is 0 Å². The number of imidazole rings is 1. The first-order valence-corrected chi connectivity index (χ1v) is 17.9. The number of thiophene rings is 1. The van der Waals surface area contributed by atoms with Crippen molar-refractivity contribution < 1.29 is 20.1 Å². The van der Waals surface area contributed by atoms with Gasteiger partial charge in [-0.25, -0.2) is 0 Å². The van der Waals surface area contributed by atoms with Crippen LogP contribution in [-0.2, 0) is 25.5 Å². The number of benzene rings is 5. The van der Waals surface area contributed by atoms with Crippen LogP contribution in [0.1, 0.15) is 32.0 Å². The van der Waals surface area contributed by atoms with E-state index in [1.165, 1.54) is 36.9 Å². The summed E-state index contributed by atoms with van der Waals surface area (Å²) in [6.07, 6.45) is 3.67. The van der Waals surface area contributed by atoms with E-state index >= 15 is 0 Å². The van der Waals surface area contributed by atoms with Crippen molar-refractivity contribution >= 4 is 42.5 Å². The first-order chi connectivity index (χ1) is 24.9. The minimum absolute atomic E-state index is 0. The Labute approximate surface area is 322 Å². The fraction of sp³-hybridized carbons (Fsp3) is 0.109. The second-order valence-electron chi connectivity index (χ2n) is 13.6. The molecule has 1 radical (unpaired) electrons. The minimum atomic E-state index is -0.138. The van der Waals surface area contributed by atoms with E-state index in [2.05, 4.69) is 134 Å². The van der Waals surface area contributed by atoms with E-state index in [1.807, 2.05) is 66.1 Å². The van der Waals surface area contributed by atoms with Gasteiger partial charge in [0.1, 0.15) is 0 Å². The largest absolute Gasteiger partial charge is 0.332 e. The Morgan fingerprint density at radius 1 is 0.712 bits per heavy atom. The fourth-order valence-electron chi connectivity index (χ4n) is 6.60. The van der Waals surface area contributed by atoms with Gasteiger partial charge in [-0.1, -0.05) is 111 Å². The van der Waals surface area contributed by atoms with Crippen LogP contribution in [0.3, 0.4) is 0 Å². The number of hydrogen-bond donors (Lipinski definition) is 0. The molecule has 0 fully saturated rings. The topological polar surface area (TPSA) is 43.6 Å². The van der Waals surface area contributed by atoms with Crippen molar-refractivity contribution in [1.82, 2.24) is 19.5 Å². The number of rotatable bonds is 4. The first-order valence-electron chi connectivity index (χ1n) is 17.1. The summed E-state index contributed by atoms with van der Waals surface area (Å²) < 4.78 is 4.77. The number of fused-ring (bicyclic) bond motifs is 4. The molecule has 9 aromatic rings. The van der Waals surface area contributed by atoms with E-state index in [1.54, 1.807) is 6.20 Å². The van der Waals surface area contributed by atoms with Crippen LogP contribution < -0.4 is 0 Å². The molecule has 6 heteroatoms. The monoisotopic (exact) mass is 869 g/mol. The van der Waals surface area contributed by atoms with Crippen LogP contribution in [0.4, 0.5) is 0 Å². The third kappa shape index (κ3) is 6.73. The third-order valence-electron chi connectivity index (χ3n) is 9.01. The minimum Gasteiger partial charge on any atom is -0.332 e. The molecule has 0 unspecified atom stereocenters. The van der Waals surface area contributed by atoms with Crippen molar-refractivity contribution in [2.45, 2.75) is 33.1 Å². The first kappa shape index (κ1) is 35.2. The molecular formula is C46H36IrN4S-2. The molecule has 0 spiro atoms. The van der Waals surface area contributed by atoms with Crippen LogP contribution >= 0.6 is 11.3 Å². The van der Waals surface area contributed by atoms with Crippen LogP contribution in [0.2, 0.25) is 0 Å². The smallest absolute Gasteiger partial charge is 0.0860 e. The predicted molar refractivity (Wildman–Crippen MR) is 213 cm³/mol. The number of para-hydroxylation sites is 1. The number of hydrogen-bond acceptors (Lipinski definition) is 4. The van der Waals surface area contributed by atoms with Gasteiger partial charge >= 0.3 is 0 Å². The molecule has 52 heavy (non-hydrogen) atoms. The molecule has 257 valence electrons. The van der Waals surface area contributed by atoms with Gasteiger partial charge in [0.15, 0.2) is 0 Å². The standard InChI is InChI=1S/C35H28N3S.C11H8N.Ir/c1-22-15-17-27(32-30(22)26-18-16-24(21-29(26)39-32)23-11-7-5-8-12-23)34-37-28-19-20-36-33(35(2,3)4)31(28)38(34)25-13-9-6-10-14-25;1-2-6-10(7-3-1)11-8-4-5-9-12-11;/h5-16,18-21H,1-4H3;1-6,8-9H;/q2*-1;. The van der Waals surface area contributed by atoms with Crippen molar-refractivity contribution in [3.63, 3.8) is 0 Å². The molecule has 0 N–H and O–H groups in total. The molecule has 0 amide bonds. The molecule has 0 bridgehead atoms. The summed E-state index contributed by atoms with van der Waals surface area (Å²) in [6, 6.07) is 52.5. The van der Waals surface area contributed by atoms with Gasteiger partial charge in [0.05, 0.1) is 22.6 Å². The summed E-state index contributed by atoms with van der Waals surface area (Å²) in [5.74, 6) is 0.898. The molecule has 0 saturated carbocycles. The third-order valence-corrected chi connectivity index (χ3v) is 10.2. The maximum atomic E-state index is 5.25. The molecule has 4 heterocycles. The Morgan fingerprint density at radius 3 is 2.17 bits per heavy atom. The summed E-state index contributed by atoms with van der Waals surface area (Å²) in [7, 11) is 0. The Kier molecular flexibility index (Phi) is 9.98. The quantitative estimate of drug-likeness (QED) is 0.166. The van der Waals surface area contributed by atoms with Crippen LogP contribution in [0.25, 0.3) is 70.7 Å². The summed E-state index contributed by atoms with van der Waals surface area (Å²) in [6.45, 7) is 8.82. The van der Waals surface area contributed by atoms with Crippen LogP contribution in [0.15, 0.2) is 146 Å². The maximum Gasteiger partial charge on any atom is 0.0860 e. The molecule has 0 saturated heterocycles. The second-order valence-corrected chi connectivity index (χ2v) is 14.7. The second kappa shape index (κ2) is 14.8. The number of nitrogens with zero attached hydrogens (tertiary/aromatic N) is 4. The Bertz CT molecular complexity index is 2570. The maximum absolute atomic E-state index is 5.25. The van der Waals surface area contributed by atoms with E-state index in [0.717, 1.165) is 45.1 Å². The Balaban J connectivity index is 0.000000275. The van der Waals surface area contributed by atoms with Gasteiger partial charge in [-0.05, 0) is 57.2 Å². The molecule has 0 aliphatic carbocycles. The van der Waals surface area contributed by atoms with Crippen molar-refractivity contribution in [3.05, 3.63) is 169 Å². The van der Waals surface area contributed by atoms with Gasteiger partial charge < -0.3 is 9.55 Å². The summed E-state index contributed by atoms with van der Waals surface area (Å²) in [4.78, 5) is 14.3. The molecule has 0 aliphatic heterocycles. The summed E-state index contributed by atoms with van der Waals surface area (Å²) in [5, 5.41) is 2.56. The van der Waals surface area contributed by atoms with Crippen LogP contribution in [0.5, 0.6) is 0 Å². The Hall–Kier alpha value is -5.26. The molecule has 0 aliphatic rings. The molecule has 5 aromatic carbocycles. The van der Waals surface area contributed by atoms with Gasteiger partial charge in [0, 0.05) is 48.3 Å². The van der Waals surface area contributed by atoms with Crippen molar-refractivity contribution in [2.24, 2.45) is 0 Å². The van der Waals surface area contributed by atoms with E-state index < -0.39 is 0 Å². The predicted octanol–water partition coefficient (Wildman–Crippen LogP) is 12.1. The fourth-order valence-corrected chi connectivity index (χ4v) is 7.91. The summed E-state index contributed by atoms with van der Waals surface area (Å²) in [5.41, 5.74) is 10.7. The van der Waals surface area contributed by atoms with Crippen LogP contribution in [-0.4, -0.2) is 19.5 Å². The average Bonchev–Trinajstić information content (AvgIpc) is 3.76. The van der Waals surface area contributed by atoms with Crippen LogP contribution in [0, 0.1) is 19.1 Å². The van der Waals surface area contributed by atoms with Gasteiger partial charge in [0.25, 0.3) is 0 Å². The Morgan fingerprint density at radius 2 is 1.46 bits per heavy atom. The van der Waals surface area contributed by atoms with Gasteiger partial charge in [-0.15, -0.1) is 53.6 Å². The number of aryl methyl sites for hydroxylation is 1. The summed E-state index contributed by atoms with van der Waals surface area (Å²) >= 11 is 1.83. The van der Waals surface area contributed by atoms with Gasteiger partial charge in [-0.3, -0.25) is 9.97 Å². The van der Waals surface area contributed by atoms with Gasteiger partial charge in [0.2, 0.25) is 0 Å². The zero-order valence-electron chi connectivity index (χ0n) is 29.4. The van der Waals surface area contributed by atoms with Gasteiger partial charge in [-0.2, -0.15) is 11.3 Å². The molecular weight excluding hydrogens is 833 g/mol. The van der Waals surface area contributed by atoms with E-state index in [0.29, 0.717) is 0 Å². The van der Waals surface area contributed by atoms with Crippen molar-refractivity contribution in [1.29, 1.82) is 0 Å². The van der Waals surface area contributed by atoms with E-state index in [4.69, 9.17) is 9.97 Å². The molecule has 4 nitrogen and oxygen atoms in total. The number of aromatic nitrogens is 4. The number of pyridine rings is 2. The zero-order chi connectivity index (χ0) is 35.0. The van der Waals surface area contributed by atoms with Crippen molar-refractivity contribution in [2.75, 3.05) is 0 Å². The molecule has 9 rings (SSSR count). The van der Waals surface area contributed by atoms with E-state index in [-0.39, 0.29) is 25.5 Å². The molecule has 4 aromatic heterocycles. The zero-order valence-corrected chi connectivity index (χ0v) is 32.6. The SMILES string of the molecule is Cc1c[c-]c(-c2nc3ccnc(C(C)(C)C)c3n2-c2ccccc2)c2sc3cc(-c4ccccc4)ccc3c12.[Ir].[c-]1ccccc1-c1ccccn1. The average molecular weight is 869 g/mol.